The van der Waals surface area contributed by atoms with Gasteiger partial charge in [0, 0.05) is 32.2 Å². The quantitative estimate of drug-likeness (QED) is 0.606. The van der Waals surface area contributed by atoms with Gasteiger partial charge >= 0.3 is 6.18 Å². The second kappa shape index (κ2) is 8.41. The monoisotopic (exact) mass is 348 g/mol. The van der Waals surface area contributed by atoms with Crippen LogP contribution in [0.3, 0.4) is 0 Å². The van der Waals surface area contributed by atoms with Gasteiger partial charge in [-0.2, -0.15) is 13.2 Å². The molecule has 0 aromatic rings. The molecule has 1 saturated carbocycles. The van der Waals surface area contributed by atoms with Gasteiger partial charge in [0.05, 0.1) is 6.54 Å². The lowest BCUT2D eigenvalue weighted by molar-refractivity contribution is -0.143. The number of hydrogen-bond acceptors (Lipinski definition) is 2. The molecule has 2 rings (SSSR count). The summed E-state index contributed by atoms with van der Waals surface area (Å²) < 4.78 is 37.4. The normalized spacial score (nSPS) is 30.0. The Bertz CT molecular complexity index is 415. The second-order valence-corrected chi connectivity index (χ2v) is 7.55. The van der Waals surface area contributed by atoms with Crippen LogP contribution in [0.1, 0.15) is 46.0 Å². The molecule has 2 fully saturated rings. The molecule has 1 saturated heterocycles. The molecule has 24 heavy (non-hydrogen) atoms. The summed E-state index contributed by atoms with van der Waals surface area (Å²) >= 11 is 0. The fraction of sp³-hybridized carbons (Fsp3) is 0.941. The van der Waals surface area contributed by atoms with Crippen LogP contribution < -0.4 is 10.6 Å². The van der Waals surface area contributed by atoms with Crippen molar-refractivity contribution in [2.45, 2.75) is 64.2 Å². The van der Waals surface area contributed by atoms with E-state index in [1.807, 2.05) is 0 Å². The molecule has 1 heterocycles. The Morgan fingerprint density at radius 1 is 1.08 bits per heavy atom. The van der Waals surface area contributed by atoms with Crippen LogP contribution in [0.5, 0.6) is 0 Å². The van der Waals surface area contributed by atoms with E-state index in [9.17, 15) is 13.2 Å². The Morgan fingerprint density at radius 3 is 2.25 bits per heavy atom. The minimum absolute atomic E-state index is 0.0329. The molecule has 2 aliphatic rings. The van der Waals surface area contributed by atoms with Gasteiger partial charge in [-0.1, -0.05) is 13.8 Å². The summed E-state index contributed by atoms with van der Waals surface area (Å²) in [5.41, 5.74) is 0. The van der Waals surface area contributed by atoms with Crippen LogP contribution in [0.25, 0.3) is 0 Å². The van der Waals surface area contributed by atoms with Crippen LogP contribution in [-0.2, 0) is 0 Å². The van der Waals surface area contributed by atoms with Crippen molar-refractivity contribution in [1.82, 2.24) is 15.5 Å². The average molecular weight is 348 g/mol. The molecule has 7 heteroatoms. The van der Waals surface area contributed by atoms with E-state index in [1.54, 1.807) is 7.05 Å². The Labute approximate surface area is 143 Å². The lowest BCUT2D eigenvalue weighted by Crippen LogP contribution is -2.49. The molecule has 0 spiro atoms. The van der Waals surface area contributed by atoms with Crippen molar-refractivity contribution in [1.29, 1.82) is 0 Å². The van der Waals surface area contributed by atoms with Crippen LogP contribution in [0.15, 0.2) is 4.99 Å². The van der Waals surface area contributed by atoms with E-state index in [2.05, 4.69) is 29.5 Å². The molecule has 4 nitrogen and oxygen atoms in total. The number of alkyl halides is 3. The number of hydrogen-bond donors (Lipinski definition) is 2. The zero-order chi connectivity index (χ0) is 17.7. The third-order valence-corrected chi connectivity index (χ3v) is 5.30. The predicted molar refractivity (Wildman–Crippen MR) is 91.1 cm³/mol. The van der Waals surface area contributed by atoms with Gasteiger partial charge < -0.3 is 10.6 Å². The molecule has 140 valence electrons. The second-order valence-electron chi connectivity index (χ2n) is 7.55. The largest absolute Gasteiger partial charge is 0.401 e. The standard InChI is InChI=1S/C17H31F3N4/c1-12(2)13-4-6-14(7-5-13)22-16(21-3)23-15-8-9-24(10-15)11-17(18,19)20/h12-15H,4-11H2,1-3H3,(H2,21,22,23). The topological polar surface area (TPSA) is 39.7 Å². The predicted octanol–water partition coefficient (Wildman–Crippen LogP) is 3.00. The van der Waals surface area contributed by atoms with Crippen molar-refractivity contribution in [3.05, 3.63) is 0 Å². The van der Waals surface area contributed by atoms with Gasteiger partial charge in [0.25, 0.3) is 0 Å². The van der Waals surface area contributed by atoms with E-state index in [4.69, 9.17) is 0 Å². The highest BCUT2D eigenvalue weighted by Gasteiger charge is 2.34. The summed E-state index contributed by atoms with van der Waals surface area (Å²) in [6, 6.07) is 0.449. The molecule has 1 atom stereocenters. The van der Waals surface area contributed by atoms with Gasteiger partial charge in [0.1, 0.15) is 0 Å². The van der Waals surface area contributed by atoms with Gasteiger partial charge in [0.2, 0.25) is 0 Å². The van der Waals surface area contributed by atoms with Crippen molar-refractivity contribution in [3.8, 4) is 0 Å². The number of guanidine groups is 1. The number of nitrogens with one attached hydrogen (secondary N) is 2. The average Bonchev–Trinajstić information content (AvgIpc) is 2.92. The zero-order valence-electron chi connectivity index (χ0n) is 15.0. The highest BCUT2D eigenvalue weighted by molar-refractivity contribution is 5.80. The maximum Gasteiger partial charge on any atom is 0.401 e. The van der Waals surface area contributed by atoms with Crippen LogP contribution in [0, 0.1) is 11.8 Å². The molecular weight excluding hydrogens is 317 g/mol. The molecule has 0 amide bonds. The molecule has 1 unspecified atom stereocenters. The fourth-order valence-corrected chi connectivity index (χ4v) is 3.84. The summed E-state index contributed by atoms with van der Waals surface area (Å²) in [6.45, 7) is 4.64. The third-order valence-electron chi connectivity index (χ3n) is 5.30. The van der Waals surface area contributed by atoms with E-state index in [1.165, 1.54) is 17.7 Å². The van der Waals surface area contributed by atoms with Gasteiger partial charge in [-0.05, 0) is 43.9 Å². The number of nitrogens with zero attached hydrogens (tertiary/aromatic N) is 2. The molecular formula is C17H31F3N4. The van der Waals surface area contributed by atoms with E-state index < -0.39 is 12.7 Å². The van der Waals surface area contributed by atoms with Crippen LogP contribution in [0.4, 0.5) is 13.2 Å². The zero-order valence-corrected chi connectivity index (χ0v) is 15.0. The van der Waals surface area contributed by atoms with Crippen LogP contribution in [0.2, 0.25) is 0 Å². The molecule has 2 N–H and O–H groups in total. The Hall–Kier alpha value is -0.980. The summed E-state index contributed by atoms with van der Waals surface area (Å²) in [4.78, 5) is 5.71. The van der Waals surface area contributed by atoms with Crippen molar-refractivity contribution < 1.29 is 13.2 Å². The smallest absolute Gasteiger partial charge is 0.354 e. The molecule has 0 aromatic carbocycles. The molecule has 0 radical (unpaired) electrons. The summed E-state index contributed by atoms with van der Waals surface area (Å²) in [6.07, 6.45) is 1.33. The van der Waals surface area contributed by atoms with Gasteiger partial charge in [-0.25, -0.2) is 0 Å². The Morgan fingerprint density at radius 2 is 1.71 bits per heavy atom. The molecule has 1 aliphatic carbocycles. The number of halogens is 3. The SMILES string of the molecule is CN=C(NC1CCC(C(C)C)CC1)NC1CCN(CC(F)(F)F)C1. The molecule has 1 aliphatic heterocycles. The minimum Gasteiger partial charge on any atom is -0.354 e. The summed E-state index contributed by atoms with van der Waals surface area (Å²) in [5.74, 6) is 2.27. The number of rotatable bonds is 4. The maximum absolute atomic E-state index is 12.5. The summed E-state index contributed by atoms with van der Waals surface area (Å²) in [5, 5.41) is 6.75. The van der Waals surface area contributed by atoms with Crippen molar-refractivity contribution >= 4 is 5.96 Å². The first kappa shape index (κ1) is 19.3. The third kappa shape index (κ3) is 6.15. The van der Waals surface area contributed by atoms with Gasteiger partial charge in [0.15, 0.2) is 5.96 Å². The molecule has 0 bridgehead atoms. The highest BCUT2D eigenvalue weighted by atomic mass is 19.4. The van der Waals surface area contributed by atoms with E-state index in [0.717, 1.165) is 37.1 Å². The Kier molecular flexibility index (Phi) is 6.78. The van der Waals surface area contributed by atoms with Crippen molar-refractivity contribution in [2.24, 2.45) is 16.8 Å². The van der Waals surface area contributed by atoms with E-state index in [-0.39, 0.29) is 6.04 Å². The van der Waals surface area contributed by atoms with Crippen molar-refractivity contribution in [2.75, 3.05) is 26.7 Å². The number of likely N-dealkylation sites (tertiary alicyclic amines) is 1. The first-order valence-corrected chi connectivity index (χ1v) is 9.05. The van der Waals surface area contributed by atoms with Crippen LogP contribution in [-0.4, -0.2) is 55.8 Å². The first-order chi connectivity index (χ1) is 11.3. The lowest BCUT2D eigenvalue weighted by atomic mass is 9.80. The minimum atomic E-state index is -4.12. The lowest BCUT2D eigenvalue weighted by Gasteiger charge is -2.32. The highest BCUT2D eigenvalue weighted by Crippen LogP contribution is 2.29. The van der Waals surface area contributed by atoms with E-state index in [0.29, 0.717) is 19.1 Å². The van der Waals surface area contributed by atoms with E-state index >= 15 is 0 Å². The van der Waals surface area contributed by atoms with Gasteiger partial charge in [-0.15, -0.1) is 0 Å². The Balaban J connectivity index is 1.74. The summed E-state index contributed by atoms with van der Waals surface area (Å²) in [7, 11) is 1.72. The maximum atomic E-state index is 12.5. The van der Waals surface area contributed by atoms with Gasteiger partial charge in [-0.3, -0.25) is 9.89 Å². The number of aliphatic imine (C=N–C) groups is 1. The molecule has 0 aromatic heterocycles. The van der Waals surface area contributed by atoms with Crippen molar-refractivity contribution in [3.63, 3.8) is 0 Å². The fourth-order valence-electron chi connectivity index (χ4n) is 3.84. The van der Waals surface area contributed by atoms with Crippen LogP contribution >= 0.6 is 0 Å². The first-order valence-electron chi connectivity index (χ1n) is 9.05.